The molecular weight excluding hydrogens is 338 g/mol. The van der Waals surface area contributed by atoms with Gasteiger partial charge in [0.15, 0.2) is 0 Å². The number of para-hydroxylation sites is 1. The lowest BCUT2D eigenvalue weighted by Crippen LogP contribution is -2.28. The van der Waals surface area contributed by atoms with Crippen LogP contribution in [0.15, 0.2) is 72.8 Å². The van der Waals surface area contributed by atoms with Gasteiger partial charge in [0.25, 0.3) is 0 Å². The molecular formula is C23H21NO3. The van der Waals surface area contributed by atoms with Crippen molar-refractivity contribution in [2.75, 3.05) is 13.2 Å². The van der Waals surface area contributed by atoms with Crippen molar-refractivity contribution >= 4 is 6.09 Å². The molecule has 0 heterocycles. The van der Waals surface area contributed by atoms with Gasteiger partial charge in [0, 0.05) is 12.5 Å². The molecule has 1 aliphatic carbocycles. The lowest BCUT2D eigenvalue weighted by molar-refractivity contribution is 0.143. The van der Waals surface area contributed by atoms with E-state index in [2.05, 4.69) is 29.6 Å². The number of amides is 1. The fourth-order valence-corrected chi connectivity index (χ4v) is 3.67. The SMILES string of the molecule is O=C(NCCc1ccccc1O)OCC1c2ccccc2-c2ccccc21. The van der Waals surface area contributed by atoms with Crippen molar-refractivity contribution in [3.63, 3.8) is 0 Å². The van der Waals surface area contributed by atoms with Crippen LogP contribution in [0.3, 0.4) is 0 Å². The third-order valence-electron chi connectivity index (χ3n) is 5.00. The van der Waals surface area contributed by atoms with Gasteiger partial charge in [-0.15, -0.1) is 0 Å². The molecule has 1 aliphatic rings. The summed E-state index contributed by atoms with van der Waals surface area (Å²) in [4.78, 5) is 12.1. The van der Waals surface area contributed by atoms with Crippen LogP contribution in [0.25, 0.3) is 11.1 Å². The first-order valence-corrected chi connectivity index (χ1v) is 9.10. The molecule has 3 aromatic rings. The molecule has 0 aliphatic heterocycles. The van der Waals surface area contributed by atoms with E-state index in [0.29, 0.717) is 19.6 Å². The number of alkyl carbamates (subject to hydrolysis) is 1. The average molecular weight is 359 g/mol. The van der Waals surface area contributed by atoms with Crippen LogP contribution in [0.2, 0.25) is 0 Å². The highest BCUT2D eigenvalue weighted by atomic mass is 16.5. The highest BCUT2D eigenvalue weighted by Crippen LogP contribution is 2.44. The van der Waals surface area contributed by atoms with Crippen molar-refractivity contribution < 1.29 is 14.6 Å². The third kappa shape index (κ3) is 3.51. The van der Waals surface area contributed by atoms with Crippen LogP contribution in [-0.4, -0.2) is 24.4 Å². The number of phenols is 1. The number of rotatable bonds is 5. The largest absolute Gasteiger partial charge is 0.508 e. The van der Waals surface area contributed by atoms with Crippen LogP contribution in [0.5, 0.6) is 5.75 Å². The molecule has 4 nitrogen and oxygen atoms in total. The van der Waals surface area contributed by atoms with Gasteiger partial charge in [-0.1, -0.05) is 66.7 Å². The fourth-order valence-electron chi connectivity index (χ4n) is 3.67. The lowest BCUT2D eigenvalue weighted by Gasteiger charge is -2.14. The van der Waals surface area contributed by atoms with Crippen LogP contribution in [0.4, 0.5) is 4.79 Å². The second-order valence-electron chi connectivity index (χ2n) is 6.63. The first-order valence-electron chi connectivity index (χ1n) is 9.10. The molecule has 4 heteroatoms. The number of phenolic OH excluding ortho intramolecular Hbond substituents is 1. The summed E-state index contributed by atoms with van der Waals surface area (Å²) in [6.45, 7) is 0.713. The van der Waals surface area contributed by atoms with Gasteiger partial charge < -0.3 is 15.2 Å². The maximum atomic E-state index is 12.1. The van der Waals surface area contributed by atoms with Gasteiger partial charge in [-0.25, -0.2) is 4.79 Å². The predicted octanol–water partition coefficient (Wildman–Crippen LogP) is 4.47. The summed E-state index contributed by atoms with van der Waals surface area (Å²) in [6.07, 6.45) is 0.115. The zero-order chi connectivity index (χ0) is 18.6. The Labute approximate surface area is 158 Å². The van der Waals surface area contributed by atoms with Gasteiger partial charge in [0.2, 0.25) is 0 Å². The molecule has 27 heavy (non-hydrogen) atoms. The van der Waals surface area contributed by atoms with Crippen molar-refractivity contribution in [2.24, 2.45) is 0 Å². The molecule has 3 aromatic carbocycles. The first kappa shape index (κ1) is 17.2. The Kier molecular flexibility index (Phi) is 4.79. The number of fused-ring (bicyclic) bond motifs is 3. The minimum Gasteiger partial charge on any atom is -0.508 e. The quantitative estimate of drug-likeness (QED) is 0.706. The highest BCUT2D eigenvalue weighted by Gasteiger charge is 2.28. The van der Waals surface area contributed by atoms with Gasteiger partial charge in [-0.2, -0.15) is 0 Å². The summed E-state index contributed by atoms with van der Waals surface area (Å²) >= 11 is 0. The molecule has 4 rings (SSSR count). The Morgan fingerprint density at radius 3 is 2.15 bits per heavy atom. The lowest BCUT2D eigenvalue weighted by atomic mass is 9.98. The van der Waals surface area contributed by atoms with E-state index < -0.39 is 6.09 Å². The maximum absolute atomic E-state index is 12.1. The molecule has 2 N–H and O–H groups in total. The van der Waals surface area contributed by atoms with E-state index in [1.54, 1.807) is 12.1 Å². The number of aromatic hydroxyl groups is 1. The van der Waals surface area contributed by atoms with Crippen LogP contribution in [-0.2, 0) is 11.2 Å². The average Bonchev–Trinajstić information content (AvgIpc) is 3.02. The number of hydrogen-bond donors (Lipinski definition) is 2. The molecule has 0 bridgehead atoms. The monoisotopic (exact) mass is 359 g/mol. The van der Waals surface area contributed by atoms with E-state index in [4.69, 9.17) is 4.74 Å². The van der Waals surface area contributed by atoms with Gasteiger partial charge in [-0.05, 0) is 40.3 Å². The highest BCUT2D eigenvalue weighted by molar-refractivity contribution is 5.79. The second kappa shape index (κ2) is 7.54. The summed E-state index contributed by atoms with van der Waals surface area (Å²) in [5, 5.41) is 12.5. The summed E-state index contributed by atoms with van der Waals surface area (Å²) in [5.74, 6) is 0.299. The van der Waals surface area contributed by atoms with E-state index in [1.807, 2.05) is 36.4 Å². The van der Waals surface area contributed by atoms with Crippen LogP contribution in [0, 0.1) is 0 Å². The number of benzene rings is 3. The Bertz CT molecular complexity index is 922. The van der Waals surface area contributed by atoms with E-state index >= 15 is 0 Å². The predicted molar refractivity (Wildman–Crippen MR) is 105 cm³/mol. The van der Waals surface area contributed by atoms with Gasteiger partial charge >= 0.3 is 6.09 Å². The number of nitrogens with one attached hydrogen (secondary N) is 1. The third-order valence-corrected chi connectivity index (χ3v) is 5.00. The molecule has 0 saturated heterocycles. The van der Waals surface area contributed by atoms with Crippen molar-refractivity contribution in [3.05, 3.63) is 89.5 Å². The Balaban J connectivity index is 1.36. The topological polar surface area (TPSA) is 58.6 Å². The zero-order valence-corrected chi connectivity index (χ0v) is 14.9. The molecule has 0 fully saturated rings. The molecule has 0 aromatic heterocycles. The Morgan fingerprint density at radius 1 is 0.889 bits per heavy atom. The normalized spacial score (nSPS) is 12.3. The van der Waals surface area contributed by atoms with Crippen molar-refractivity contribution in [3.8, 4) is 16.9 Å². The number of carbonyl (C=O) groups excluding carboxylic acids is 1. The maximum Gasteiger partial charge on any atom is 0.407 e. The molecule has 0 spiro atoms. The summed E-state index contributed by atoms with van der Waals surface area (Å²) in [6, 6.07) is 23.6. The second-order valence-corrected chi connectivity index (χ2v) is 6.63. The molecule has 0 atom stereocenters. The standard InChI is InChI=1S/C23H21NO3/c25-22-12-6-1-7-16(22)13-14-24-23(26)27-15-21-19-10-4-2-8-17(19)18-9-3-5-11-20(18)21/h1-12,21,25H,13-15H2,(H,24,26). The van der Waals surface area contributed by atoms with Crippen molar-refractivity contribution in [2.45, 2.75) is 12.3 Å². The van der Waals surface area contributed by atoms with E-state index in [0.717, 1.165) is 5.56 Å². The number of carbonyl (C=O) groups is 1. The smallest absolute Gasteiger partial charge is 0.407 e. The number of ether oxygens (including phenoxy) is 1. The number of hydrogen-bond acceptors (Lipinski definition) is 3. The Morgan fingerprint density at radius 2 is 1.48 bits per heavy atom. The molecule has 0 radical (unpaired) electrons. The first-order chi connectivity index (χ1) is 13.2. The van der Waals surface area contributed by atoms with Gasteiger partial charge in [0.1, 0.15) is 12.4 Å². The zero-order valence-electron chi connectivity index (χ0n) is 14.9. The van der Waals surface area contributed by atoms with E-state index in [-0.39, 0.29) is 11.7 Å². The summed E-state index contributed by atoms with van der Waals surface area (Å²) in [5.41, 5.74) is 5.61. The summed E-state index contributed by atoms with van der Waals surface area (Å²) < 4.78 is 5.50. The molecule has 0 saturated carbocycles. The summed E-state index contributed by atoms with van der Waals surface area (Å²) in [7, 11) is 0. The fraction of sp³-hybridized carbons (Fsp3) is 0.174. The van der Waals surface area contributed by atoms with E-state index in [1.165, 1.54) is 22.3 Å². The van der Waals surface area contributed by atoms with Crippen molar-refractivity contribution in [1.29, 1.82) is 0 Å². The van der Waals surface area contributed by atoms with E-state index in [9.17, 15) is 9.90 Å². The minimum atomic E-state index is -0.438. The van der Waals surface area contributed by atoms with Crippen LogP contribution in [0.1, 0.15) is 22.6 Å². The molecule has 0 unspecified atom stereocenters. The van der Waals surface area contributed by atoms with Crippen molar-refractivity contribution in [1.82, 2.24) is 5.32 Å². The Hall–Kier alpha value is -3.27. The van der Waals surface area contributed by atoms with Gasteiger partial charge in [0.05, 0.1) is 0 Å². The minimum absolute atomic E-state index is 0.0568. The molecule has 1 amide bonds. The van der Waals surface area contributed by atoms with Crippen LogP contribution >= 0.6 is 0 Å². The molecule has 136 valence electrons. The van der Waals surface area contributed by atoms with Crippen LogP contribution < -0.4 is 5.32 Å². The van der Waals surface area contributed by atoms with Gasteiger partial charge in [-0.3, -0.25) is 0 Å².